The van der Waals surface area contributed by atoms with Crippen molar-refractivity contribution >= 4 is 23.8 Å². The average Bonchev–Trinajstić information content (AvgIpc) is 2.98. The van der Waals surface area contributed by atoms with Crippen molar-refractivity contribution < 1.29 is 29.4 Å². The van der Waals surface area contributed by atoms with E-state index in [1.165, 1.54) is 0 Å². The fourth-order valence-corrected chi connectivity index (χ4v) is 5.77. The predicted octanol–water partition coefficient (Wildman–Crippen LogP) is 5.51. The Labute approximate surface area is 236 Å². The van der Waals surface area contributed by atoms with Crippen molar-refractivity contribution in [3.05, 3.63) is 71.8 Å². The minimum Gasteiger partial charge on any atom is -0.481 e. The van der Waals surface area contributed by atoms with Crippen LogP contribution in [0, 0.1) is 23.7 Å². The summed E-state index contributed by atoms with van der Waals surface area (Å²) in [5.41, 5.74) is 2.06. The third kappa shape index (κ3) is 8.66. The summed E-state index contributed by atoms with van der Waals surface area (Å²) in [6.07, 6.45) is 6.21. The standard InChI is InChI=1S/2C16H21NO3/c2*1-11(12-7-3-2-4-8-12)17-15(18)13-9-5-6-10-14(13)16(19)20/h2*2-4,7-8,11,13-14H,5-6,9-10H2,1H3,(H,17,18)(H,19,20)/t11-,13+,14+;11-,13-,14-/m00/s1. The maximum atomic E-state index is 12.3. The van der Waals surface area contributed by atoms with E-state index in [2.05, 4.69) is 10.6 Å². The predicted molar refractivity (Wildman–Crippen MR) is 152 cm³/mol. The first kappa shape index (κ1) is 30.9. The fraction of sp³-hybridized carbons (Fsp3) is 0.500. The number of carboxylic acid groups (broad SMARTS) is 2. The fourth-order valence-electron chi connectivity index (χ4n) is 5.77. The summed E-state index contributed by atoms with van der Waals surface area (Å²) < 4.78 is 0. The van der Waals surface area contributed by atoms with E-state index in [0.29, 0.717) is 25.7 Å². The van der Waals surface area contributed by atoms with Crippen molar-refractivity contribution in [1.29, 1.82) is 0 Å². The van der Waals surface area contributed by atoms with Gasteiger partial charge in [0.2, 0.25) is 11.8 Å². The Bertz CT molecular complexity index is 1030. The molecule has 0 aliphatic heterocycles. The number of amides is 2. The summed E-state index contributed by atoms with van der Waals surface area (Å²) in [5, 5.41) is 24.4. The number of benzene rings is 2. The molecule has 0 saturated heterocycles. The van der Waals surface area contributed by atoms with Crippen LogP contribution in [0.2, 0.25) is 0 Å². The zero-order chi connectivity index (χ0) is 29.1. The maximum Gasteiger partial charge on any atom is 0.307 e. The molecule has 2 saturated carbocycles. The molecule has 216 valence electrons. The monoisotopic (exact) mass is 550 g/mol. The van der Waals surface area contributed by atoms with Crippen LogP contribution in [0.25, 0.3) is 0 Å². The molecule has 6 atom stereocenters. The van der Waals surface area contributed by atoms with Crippen molar-refractivity contribution in [1.82, 2.24) is 10.6 Å². The van der Waals surface area contributed by atoms with Gasteiger partial charge in [0.15, 0.2) is 0 Å². The van der Waals surface area contributed by atoms with E-state index in [1.54, 1.807) is 0 Å². The number of nitrogens with one attached hydrogen (secondary N) is 2. The Morgan fingerprint density at radius 3 is 1.18 bits per heavy atom. The number of carbonyl (C=O) groups excluding carboxylic acids is 2. The molecule has 2 aromatic carbocycles. The van der Waals surface area contributed by atoms with Gasteiger partial charge in [-0.25, -0.2) is 0 Å². The zero-order valence-corrected chi connectivity index (χ0v) is 23.4. The highest BCUT2D eigenvalue weighted by molar-refractivity contribution is 5.85. The third-order valence-corrected chi connectivity index (χ3v) is 8.16. The molecule has 2 fully saturated rings. The molecule has 40 heavy (non-hydrogen) atoms. The lowest BCUT2D eigenvalue weighted by atomic mass is 9.78. The molecular weight excluding hydrogens is 508 g/mol. The summed E-state index contributed by atoms with van der Waals surface area (Å²) in [5.74, 6) is -3.82. The second kappa shape index (κ2) is 15.2. The molecule has 0 aromatic heterocycles. The van der Waals surface area contributed by atoms with Crippen LogP contribution >= 0.6 is 0 Å². The molecule has 2 aromatic rings. The maximum absolute atomic E-state index is 12.3. The highest BCUT2D eigenvalue weighted by atomic mass is 16.4. The van der Waals surface area contributed by atoms with Gasteiger partial charge in [0, 0.05) is 0 Å². The van der Waals surface area contributed by atoms with Crippen molar-refractivity contribution in [2.45, 2.75) is 77.3 Å². The smallest absolute Gasteiger partial charge is 0.307 e. The minimum absolute atomic E-state index is 0.0972. The summed E-state index contributed by atoms with van der Waals surface area (Å²) in [6.45, 7) is 3.84. The first-order chi connectivity index (χ1) is 19.2. The first-order valence-corrected chi connectivity index (χ1v) is 14.3. The lowest BCUT2D eigenvalue weighted by Crippen LogP contribution is -2.40. The van der Waals surface area contributed by atoms with Crippen LogP contribution < -0.4 is 10.6 Å². The number of rotatable bonds is 8. The van der Waals surface area contributed by atoms with Crippen LogP contribution in [-0.2, 0) is 19.2 Å². The van der Waals surface area contributed by atoms with E-state index < -0.39 is 35.6 Å². The molecule has 0 unspecified atom stereocenters. The Morgan fingerprint density at radius 1 is 0.575 bits per heavy atom. The normalized spacial score (nSPS) is 23.9. The Hall–Kier alpha value is -3.68. The van der Waals surface area contributed by atoms with Crippen LogP contribution in [0.4, 0.5) is 0 Å². The largest absolute Gasteiger partial charge is 0.481 e. The minimum atomic E-state index is -0.850. The van der Waals surface area contributed by atoms with Crippen LogP contribution in [0.1, 0.15) is 88.4 Å². The second-order valence-corrected chi connectivity index (χ2v) is 11.0. The molecule has 2 aliphatic carbocycles. The van der Waals surface area contributed by atoms with E-state index >= 15 is 0 Å². The van der Waals surface area contributed by atoms with Gasteiger partial charge in [-0.15, -0.1) is 0 Å². The van der Waals surface area contributed by atoms with Crippen molar-refractivity contribution in [2.75, 3.05) is 0 Å². The van der Waals surface area contributed by atoms with Crippen molar-refractivity contribution in [3.63, 3.8) is 0 Å². The summed E-state index contributed by atoms with van der Waals surface area (Å²) in [6, 6.07) is 19.2. The van der Waals surface area contributed by atoms with Crippen LogP contribution in [0.15, 0.2) is 60.7 Å². The lowest BCUT2D eigenvalue weighted by molar-refractivity contribution is -0.149. The average molecular weight is 551 g/mol. The molecule has 0 heterocycles. The van der Waals surface area contributed by atoms with Gasteiger partial charge in [0.1, 0.15) is 0 Å². The SMILES string of the molecule is C[C@H](NC(=O)[C@@H]1CCCC[C@H]1C(=O)O)c1ccccc1.C[C@H](NC(=O)[C@H]1CCCC[C@@H]1C(=O)O)c1ccccc1. The summed E-state index contributed by atoms with van der Waals surface area (Å²) in [7, 11) is 0. The van der Waals surface area contributed by atoms with Crippen molar-refractivity contribution in [2.24, 2.45) is 23.7 Å². The van der Waals surface area contributed by atoms with E-state index in [4.69, 9.17) is 0 Å². The number of aliphatic carboxylic acids is 2. The van der Waals surface area contributed by atoms with Gasteiger partial charge in [-0.05, 0) is 50.7 Å². The molecule has 0 spiro atoms. The summed E-state index contributed by atoms with van der Waals surface area (Å²) >= 11 is 0. The lowest BCUT2D eigenvalue weighted by Gasteiger charge is -2.28. The van der Waals surface area contributed by atoms with Crippen LogP contribution in [0.3, 0.4) is 0 Å². The Balaban J connectivity index is 0.000000220. The molecule has 2 amide bonds. The molecule has 8 nitrogen and oxygen atoms in total. The van der Waals surface area contributed by atoms with Gasteiger partial charge < -0.3 is 20.8 Å². The molecule has 4 rings (SSSR count). The van der Waals surface area contributed by atoms with Gasteiger partial charge in [0.25, 0.3) is 0 Å². The quantitative estimate of drug-likeness (QED) is 0.343. The third-order valence-electron chi connectivity index (χ3n) is 8.16. The van der Waals surface area contributed by atoms with Gasteiger partial charge in [-0.2, -0.15) is 0 Å². The van der Waals surface area contributed by atoms with Crippen LogP contribution in [0.5, 0.6) is 0 Å². The van der Waals surface area contributed by atoms with Gasteiger partial charge in [-0.3, -0.25) is 19.2 Å². The molecule has 0 bridgehead atoms. The van der Waals surface area contributed by atoms with Gasteiger partial charge in [0.05, 0.1) is 35.8 Å². The summed E-state index contributed by atoms with van der Waals surface area (Å²) in [4.78, 5) is 47.1. The number of hydrogen-bond donors (Lipinski definition) is 4. The van der Waals surface area contributed by atoms with E-state index in [9.17, 15) is 29.4 Å². The van der Waals surface area contributed by atoms with Crippen molar-refractivity contribution in [3.8, 4) is 0 Å². The van der Waals surface area contributed by atoms with Gasteiger partial charge >= 0.3 is 11.9 Å². The topological polar surface area (TPSA) is 133 Å². The van der Waals surface area contributed by atoms with E-state index in [0.717, 1.165) is 36.8 Å². The Morgan fingerprint density at radius 2 is 0.875 bits per heavy atom. The highest BCUT2D eigenvalue weighted by Gasteiger charge is 2.37. The van der Waals surface area contributed by atoms with Crippen LogP contribution in [-0.4, -0.2) is 34.0 Å². The molecule has 4 N–H and O–H groups in total. The van der Waals surface area contributed by atoms with E-state index in [1.807, 2.05) is 74.5 Å². The molecular formula is C32H42N2O6. The first-order valence-electron chi connectivity index (χ1n) is 14.3. The Kier molecular flexibility index (Phi) is 11.7. The second-order valence-electron chi connectivity index (χ2n) is 11.0. The van der Waals surface area contributed by atoms with E-state index in [-0.39, 0.29) is 23.9 Å². The zero-order valence-electron chi connectivity index (χ0n) is 23.4. The molecule has 0 radical (unpaired) electrons. The number of carbonyl (C=O) groups is 4. The number of hydrogen-bond acceptors (Lipinski definition) is 4. The highest BCUT2D eigenvalue weighted by Crippen LogP contribution is 2.32. The molecule has 2 aliphatic rings. The number of carboxylic acids is 2. The van der Waals surface area contributed by atoms with Gasteiger partial charge in [-0.1, -0.05) is 86.3 Å². The molecule has 8 heteroatoms.